The minimum Gasteiger partial charge on any atom is -0.316 e. The zero-order valence-corrected chi connectivity index (χ0v) is 10.1. The lowest BCUT2D eigenvalue weighted by molar-refractivity contribution is 0.555. The number of rotatable bonds is 6. The highest BCUT2D eigenvalue weighted by Gasteiger charge is 2.17. The third-order valence-electron chi connectivity index (χ3n) is 1.47. The fourth-order valence-corrected chi connectivity index (χ4v) is 3.77. The molecule has 0 amide bonds. The summed E-state index contributed by atoms with van der Waals surface area (Å²) in [4.78, 5) is 0. The molecule has 0 saturated carbocycles. The summed E-state index contributed by atoms with van der Waals surface area (Å²) in [6, 6.07) is -0.0377. The van der Waals surface area contributed by atoms with E-state index in [0.717, 1.165) is 6.26 Å². The highest BCUT2D eigenvalue weighted by molar-refractivity contribution is 8.06. The summed E-state index contributed by atoms with van der Waals surface area (Å²) < 4.78 is 45.9. The molecule has 0 aromatic heterocycles. The van der Waals surface area contributed by atoms with Crippen LogP contribution in [0.5, 0.6) is 0 Å². The van der Waals surface area contributed by atoms with Crippen molar-refractivity contribution >= 4 is 19.9 Å². The van der Waals surface area contributed by atoms with Crippen molar-refractivity contribution in [3.05, 3.63) is 0 Å². The summed E-state index contributed by atoms with van der Waals surface area (Å²) in [6.07, 6.45) is 0.883. The zero-order valence-electron chi connectivity index (χ0n) is 8.44. The van der Waals surface area contributed by atoms with E-state index in [2.05, 4.69) is 10.0 Å². The average molecular weight is 244 g/mol. The van der Waals surface area contributed by atoms with Gasteiger partial charge >= 0.3 is 0 Å². The van der Waals surface area contributed by atoms with E-state index in [1.165, 1.54) is 0 Å². The highest BCUT2D eigenvalue weighted by Crippen LogP contribution is 1.92. The van der Waals surface area contributed by atoms with Gasteiger partial charge in [0.25, 0.3) is 0 Å². The van der Waals surface area contributed by atoms with Gasteiger partial charge in [-0.1, -0.05) is 0 Å². The first-order chi connectivity index (χ1) is 6.16. The molecule has 1 atom stereocenters. The number of hydrogen-bond acceptors (Lipinski definition) is 5. The van der Waals surface area contributed by atoms with Crippen LogP contribution in [0.2, 0.25) is 0 Å². The predicted molar refractivity (Wildman–Crippen MR) is 55.2 cm³/mol. The summed E-state index contributed by atoms with van der Waals surface area (Å²) in [5, 5.41) is 1.96. The van der Waals surface area contributed by atoms with Crippen LogP contribution in [0.15, 0.2) is 0 Å². The van der Waals surface area contributed by atoms with Gasteiger partial charge in [-0.05, 0) is 14.0 Å². The van der Waals surface area contributed by atoms with Crippen LogP contribution >= 0.6 is 0 Å². The van der Waals surface area contributed by atoms with Gasteiger partial charge in [-0.25, -0.2) is 21.6 Å². The van der Waals surface area contributed by atoms with E-state index < -0.39 is 24.9 Å². The van der Waals surface area contributed by atoms with Gasteiger partial charge in [-0.3, -0.25) is 0 Å². The minimum absolute atomic E-state index is 0.0377. The molecule has 0 bridgehead atoms. The van der Waals surface area contributed by atoms with Gasteiger partial charge in [0, 0.05) is 18.8 Å². The molecule has 86 valence electrons. The van der Waals surface area contributed by atoms with Crippen LogP contribution in [0.25, 0.3) is 0 Å². The summed E-state index contributed by atoms with van der Waals surface area (Å²) in [6.45, 7) is 1.96. The third kappa shape index (κ3) is 7.25. The molecule has 0 rings (SSSR count). The van der Waals surface area contributed by atoms with Gasteiger partial charge in [0.1, 0.15) is 0 Å². The van der Waals surface area contributed by atoms with E-state index in [1.54, 1.807) is 14.0 Å². The lowest BCUT2D eigenvalue weighted by atomic mass is 10.4. The van der Waals surface area contributed by atoms with Crippen LogP contribution in [-0.4, -0.2) is 47.8 Å². The van der Waals surface area contributed by atoms with Crippen molar-refractivity contribution in [3.63, 3.8) is 0 Å². The molecule has 1 unspecified atom stereocenters. The van der Waals surface area contributed by atoms with Gasteiger partial charge in [0.2, 0.25) is 10.0 Å². The molecule has 0 aliphatic rings. The second-order valence-corrected chi connectivity index (χ2v) is 7.51. The summed E-state index contributed by atoms with van der Waals surface area (Å²) in [7, 11) is -5.54. The van der Waals surface area contributed by atoms with Gasteiger partial charge in [-0.15, -0.1) is 0 Å². The second kappa shape index (κ2) is 5.06. The quantitative estimate of drug-likeness (QED) is 0.594. The molecule has 0 aliphatic carbocycles. The predicted octanol–water partition coefficient (Wildman–Crippen LogP) is -1.48. The molecule has 0 heterocycles. The normalized spacial score (nSPS) is 15.4. The lowest BCUT2D eigenvalue weighted by Crippen LogP contribution is -2.39. The van der Waals surface area contributed by atoms with Crippen molar-refractivity contribution in [2.24, 2.45) is 0 Å². The minimum atomic E-state index is -3.72. The Labute approximate surface area is 85.0 Å². The molecule has 0 spiro atoms. The van der Waals surface area contributed by atoms with Gasteiger partial charge in [0.05, 0.1) is 0 Å². The monoisotopic (exact) mass is 244 g/mol. The Bertz CT molecular complexity index is 359. The van der Waals surface area contributed by atoms with Gasteiger partial charge in [0.15, 0.2) is 14.9 Å². The Morgan fingerprint density at radius 1 is 1.21 bits per heavy atom. The molecule has 6 nitrogen and oxygen atoms in total. The van der Waals surface area contributed by atoms with E-state index in [1.807, 2.05) is 0 Å². The standard InChI is InChI=1S/C6H16N2O4S2/c1-6(7-2)4-8-14(11,12)5-13(3,9)10/h6-8H,4-5H2,1-3H3. The van der Waals surface area contributed by atoms with Crippen molar-refractivity contribution in [1.82, 2.24) is 10.0 Å². The zero-order chi connectivity index (χ0) is 11.4. The van der Waals surface area contributed by atoms with Gasteiger partial charge in [-0.2, -0.15) is 0 Å². The molecular weight excluding hydrogens is 228 g/mol. The largest absolute Gasteiger partial charge is 0.316 e. The van der Waals surface area contributed by atoms with Crippen LogP contribution in [-0.2, 0) is 19.9 Å². The Hall–Kier alpha value is -0.180. The third-order valence-corrected chi connectivity index (χ3v) is 5.03. The van der Waals surface area contributed by atoms with Crippen molar-refractivity contribution in [2.75, 3.05) is 24.9 Å². The number of hydrogen-bond donors (Lipinski definition) is 2. The first kappa shape index (κ1) is 13.8. The first-order valence-corrected chi connectivity index (χ1v) is 7.70. The van der Waals surface area contributed by atoms with Crippen LogP contribution in [0.3, 0.4) is 0 Å². The van der Waals surface area contributed by atoms with Crippen LogP contribution in [0, 0.1) is 0 Å². The van der Waals surface area contributed by atoms with E-state index >= 15 is 0 Å². The van der Waals surface area contributed by atoms with Crippen molar-refractivity contribution < 1.29 is 16.8 Å². The molecule has 0 aromatic carbocycles. The number of sulfonamides is 1. The molecule has 0 aliphatic heterocycles. The molecular formula is C6H16N2O4S2. The maximum atomic E-state index is 11.1. The second-order valence-electron chi connectivity index (χ2n) is 3.20. The van der Waals surface area contributed by atoms with E-state index in [4.69, 9.17) is 0 Å². The van der Waals surface area contributed by atoms with Crippen LogP contribution in [0.1, 0.15) is 6.92 Å². The molecule has 8 heteroatoms. The Morgan fingerprint density at radius 2 is 1.71 bits per heavy atom. The first-order valence-electron chi connectivity index (χ1n) is 3.98. The topological polar surface area (TPSA) is 92.3 Å². The summed E-state index contributed by atoms with van der Waals surface area (Å²) in [5.74, 6) is 0. The lowest BCUT2D eigenvalue weighted by Gasteiger charge is -2.11. The fourth-order valence-electron chi connectivity index (χ4n) is 0.678. The van der Waals surface area contributed by atoms with Crippen molar-refractivity contribution in [3.8, 4) is 0 Å². The highest BCUT2D eigenvalue weighted by atomic mass is 32.3. The molecule has 0 saturated heterocycles. The van der Waals surface area contributed by atoms with E-state index in [-0.39, 0.29) is 12.6 Å². The maximum absolute atomic E-state index is 11.1. The van der Waals surface area contributed by atoms with Gasteiger partial charge < -0.3 is 5.32 Å². The number of sulfone groups is 1. The molecule has 14 heavy (non-hydrogen) atoms. The summed E-state index contributed by atoms with van der Waals surface area (Å²) in [5.41, 5.74) is 0. The van der Waals surface area contributed by atoms with Crippen LogP contribution < -0.4 is 10.0 Å². The molecule has 0 fully saturated rings. The Morgan fingerprint density at radius 3 is 2.07 bits per heavy atom. The Kier molecular flexibility index (Phi) is 4.99. The van der Waals surface area contributed by atoms with E-state index in [0.29, 0.717) is 0 Å². The molecule has 0 aromatic rings. The van der Waals surface area contributed by atoms with Crippen LogP contribution in [0.4, 0.5) is 0 Å². The van der Waals surface area contributed by atoms with Crippen molar-refractivity contribution in [2.45, 2.75) is 13.0 Å². The SMILES string of the molecule is CNC(C)CNS(=O)(=O)CS(C)(=O)=O. The smallest absolute Gasteiger partial charge is 0.226 e. The Balaban J connectivity index is 4.24. The molecule has 2 N–H and O–H groups in total. The number of nitrogens with one attached hydrogen (secondary N) is 2. The molecule has 0 radical (unpaired) electrons. The summed E-state index contributed by atoms with van der Waals surface area (Å²) >= 11 is 0. The maximum Gasteiger partial charge on any atom is 0.226 e. The van der Waals surface area contributed by atoms with E-state index in [9.17, 15) is 16.8 Å². The van der Waals surface area contributed by atoms with Crippen molar-refractivity contribution in [1.29, 1.82) is 0 Å². The average Bonchev–Trinajstić information content (AvgIpc) is 1.96. The number of likely N-dealkylation sites (N-methyl/N-ethyl adjacent to an activating group) is 1. The fraction of sp³-hybridized carbons (Fsp3) is 1.00.